The van der Waals surface area contributed by atoms with E-state index in [2.05, 4.69) is 60.1 Å². The van der Waals surface area contributed by atoms with Crippen molar-refractivity contribution >= 4 is 43.7 Å². The fourth-order valence-corrected chi connectivity index (χ4v) is 2.73. The van der Waals surface area contributed by atoms with Crippen molar-refractivity contribution in [2.75, 3.05) is 5.73 Å². The third kappa shape index (κ3) is 2.04. The van der Waals surface area contributed by atoms with E-state index in [4.69, 9.17) is 5.73 Å². The van der Waals surface area contributed by atoms with Crippen molar-refractivity contribution in [3.05, 3.63) is 47.2 Å². The summed E-state index contributed by atoms with van der Waals surface area (Å²) in [6.45, 7) is 0. The molecule has 0 aliphatic heterocycles. The smallest absolute Gasteiger partial charge is 0.183 e. The summed E-state index contributed by atoms with van der Waals surface area (Å²) in [5, 5.41) is 2.32. The molecule has 0 aliphatic carbocycles. The maximum atomic E-state index is 5.83. The van der Waals surface area contributed by atoms with Crippen LogP contribution in [0.5, 0.6) is 0 Å². The van der Waals surface area contributed by atoms with Crippen LogP contribution >= 0.6 is 15.9 Å². The lowest BCUT2D eigenvalue weighted by Crippen LogP contribution is -1.91. The number of nitrogens with zero attached hydrogens (tertiary/aromatic N) is 3. The number of hydrogen-bond acceptors (Lipinski definition) is 4. The molecular weight excluding hydrogens is 330 g/mol. The van der Waals surface area contributed by atoms with Gasteiger partial charge in [-0.05, 0) is 29.0 Å². The molecule has 2 heterocycles. The summed E-state index contributed by atoms with van der Waals surface area (Å²) in [4.78, 5) is 15.7. The topological polar surface area (TPSA) is 80.5 Å². The Morgan fingerprint density at radius 3 is 2.67 bits per heavy atom. The quantitative estimate of drug-likeness (QED) is 0.556. The van der Waals surface area contributed by atoms with Gasteiger partial charge in [0.15, 0.2) is 11.5 Å². The van der Waals surface area contributed by atoms with Crippen molar-refractivity contribution in [3.63, 3.8) is 0 Å². The number of nitrogens with two attached hydrogens (primary N) is 1. The number of fused-ring (bicyclic) bond motifs is 2. The van der Waals surface area contributed by atoms with Crippen LogP contribution in [-0.4, -0.2) is 19.9 Å². The van der Waals surface area contributed by atoms with Gasteiger partial charge in [0.25, 0.3) is 0 Å². The van der Waals surface area contributed by atoms with E-state index in [0.717, 1.165) is 21.2 Å². The Balaban J connectivity index is 1.91. The van der Waals surface area contributed by atoms with E-state index in [9.17, 15) is 0 Å². The maximum Gasteiger partial charge on any atom is 0.183 e. The number of benzene rings is 2. The molecule has 5 nitrogen and oxygen atoms in total. The van der Waals surface area contributed by atoms with Gasteiger partial charge in [-0.25, -0.2) is 15.0 Å². The molecule has 2 aromatic heterocycles. The third-order valence-electron chi connectivity index (χ3n) is 3.39. The molecular formula is C15H10BrN5. The largest absolute Gasteiger partial charge is 0.382 e. The lowest BCUT2D eigenvalue weighted by atomic mass is 10.1. The molecule has 4 aromatic rings. The second kappa shape index (κ2) is 4.53. The molecule has 0 spiro atoms. The average molecular weight is 340 g/mol. The first kappa shape index (κ1) is 12.3. The zero-order chi connectivity index (χ0) is 14.4. The number of imidazole rings is 1. The average Bonchev–Trinajstić information content (AvgIpc) is 2.92. The summed E-state index contributed by atoms with van der Waals surface area (Å²) in [7, 11) is 0. The summed E-state index contributed by atoms with van der Waals surface area (Å²) in [5.41, 5.74) is 8.06. The number of anilines is 1. The number of nitrogen functional groups attached to an aromatic ring is 1. The first-order valence-corrected chi connectivity index (χ1v) is 7.16. The van der Waals surface area contributed by atoms with Gasteiger partial charge in [0.1, 0.15) is 17.7 Å². The van der Waals surface area contributed by atoms with Gasteiger partial charge in [-0.3, -0.25) is 0 Å². The molecule has 0 fully saturated rings. The van der Waals surface area contributed by atoms with E-state index in [0.29, 0.717) is 17.0 Å². The molecule has 0 atom stereocenters. The number of nitrogens with one attached hydrogen (secondary N) is 1. The molecule has 4 rings (SSSR count). The first-order chi connectivity index (χ1) is 10.2. The predicted molar refractivity (Wildman–Crippen MR) is 86.7 cm³/mol. The fourth-order valence-electron chi connectivity index (χ4n) is 2.35. The Hall–Kier alpha value is -2.47. The molecule has 6 heteroatoms. The highest BCUT2D eigenvalue weighted by atomic mass is 79.9. The molecule has 102 valence electrons. The minimum atomic E-state index is 0.406. The van der Waals surface area contributed by atoms with Crippen LogP contribution in [0.3, 0.4) is 0 Å². The normalized spacial score (nSPS) is 11.3. The minimum absolute atomic E-state index is 0.406. The first-order valence-electron chi connectivity index (χ1n) is 6.36. The zero-order valence-electron chi connectivity index (χ0n) is 10.8. The van der Waals surface area contributed by atoms with Gasteiger partial charge in [-0.2, -0.15) is 0 Å². The Bertz CT molecular complexity index is 976. The lowest BCUT2D eigenvalue weighted by molar-refractivity contribution is 1.21. The van der Waals surface area contributed by atoms with E-state index in [1.54, 1.807) is 0 Å². The summed E-state index contributed by atoms with van der Waals surface area (Å²) >= 11 is 3.48. The van der Waals surface area contributed by atoms with E-state index >= 15 is 0 Å². The van der Waals surface area contributed by atoms with Gasteiger partial charge < -0.3 is 10.7 Å². The number of hydrogen-bond donors (Lipinski definition) is 2. The van der Waals surface area contributed by atoms with Crippen LogP contribution in [0.2, 0.25) is 0 Å². The summed E-state index contributed by atoms with van der Waals surface area (Å²) < 4.78 is 1.06. The van der Waals surface area contributed by atoms with E-state index in [1.807, 2.05) is 12.1 Å². The number of rotatable bonds is 1. The van der Waals surface area contributed by atoms with Gasteiger partial charge in [-0.15, -0.1) is 0 Å². The van der Waals surface area contributed by atoms with Gasteiger partial charge in [0.2, 0.25) is 0 Å². The molecule has 2 aromatic carbocycles. The second-order valence-electron chi connectivity index (χ2n) is 4.75. The standard InChI is InChI=1S/C15H10BrN5/c16-11-4-3-8-5-10(2-1-9(8)6-11)14-20-12-13(17)18-7-19-15(12)21-14/h1-7H,(H3,17,18,19,20,21). The highest BCUT2D eigenvalue weighted by Gasteiger charge is 2.09. The van der Waals surface area contributed by atoms with Crippen molar-refractivity contribution in [2.45, 2.75) is 0 Å². The van der Waals surface area contributed by atoms with Crippen molar-refractivity contribution < 1.29 is 0 Å². The second-order valence-corrected chi connectivity index (χ2v) is 5.66. The van der Waals surface area contributed by atoms with Crippen LogP contribution in [0.4, 0.5) is 5.82 Å². The van der Waals surface area contributed by atoms with Crippen molar-refractivity contribution in [1.29, 1.82) is 0 Å². The fraction of sp³-hybridized carbons (Fsp3) is 0. The summed E-state index contributed by atoms with van der Waals surface area (Å²) in [6, 6.07) is 12.4. The molecule has 21 heavy (non-hydrogen) atoms. The van der Waals surface area contributed by atoms with Crippen LogP contribution in [0.1, 0.15) is 0 Å². The Morgan fingerprint density at radius 1 is 1.00 bits per heavy atom. The number of H-pyrrole nitrogens is 1. The SMILES string of the molecule is Nc1ncnc2nc(-c3ccc4cc(Br)ccc4c3)[nH]c12. The molecule has 0 aliphatic rings. The van der Waals surface area contributed by atoms with E-state index in [1.165, 1.54) is 11.7 Å². The van der Waals surface area contributed by atoms with Crippen LogP contribution in [0, 0.1) is 0 Å². The van der Waals surface area contributed by atoms with Crippen molar-refractivity contribution in [3.8, 4) is 11.4 Å². The monoisotopic (exact) mass is 339 g/mol. The molecule has 0 unspecified atom stereocenters. The number of aromatic nitrogens is 4. The molecule has 0 radical (unpaired) electrons. The van der Waals surface area contributed by atoms with Crippen molar-refractivity contribution in [2.24, 2.45) is 0 Å². The lowest BCUT2D eigenvalue weighted by Gasteiger charge is -2.01. The van der Waals surface area contributed by atoms with Crippen LogP contribution in [-0.2, 0) is 0 Å². The molecule has 0 amide bonds. The predicted octanol–water partition coefficient (Wildman–Crippen LogP) is 3.52. The Morgan fingerprint density at radius 2 is 1.81 bits per heavy atom. The van der Waals surface area contributed by atoms with Crippen LogP contribution in [0.15, 0.2) is 47.2 Å². The number of halogens is 1. The summed E-state index contributed by atoms with van der Waals surface area (Å²) in [5.74, 6) is 1.14. The molecule has 0 bridgehead atoms. The number of aromatic amines is 1. The molecule has 0 saturated carbocycles. The van der Waals surface area contributed by atoms with E-state index in [-0.39, 0.29) is 0 Å². The van der Waals surface area contributed by atoms with Crippen LogP contribution < -0.4 is 5.73 Å². The maximum absolute atomic E-state index is 5.83. The third-order valence-corrected chi connectivity index (χ3v) is 3.89. The Kier molecular flexibility index (Phi) is 2.65. The Labute approximate surface area is 128 Å². The summed E-state index contributed by atoms with van der Waals surface area (Å²) in [6.07, 6.45) is 1.42. The highest BCUT2D eigenvalue weighted by Crippen LogP contribution is 2.26. The van der Waals surface area contributed by atoms with E-state index < -0.39 is 0 Å². The zero-order valence-corrected chi connectivity index (χ0v) is 12.4. The van der Waals surface area contributed by atoms with Gasteiger partial charge >= 0.3 is 0 Å². The van der Waals surface area contributed by atoms with Gasteiger partial charge in [0, 0.05) is 10.0 Å². The molecule has 0 saturated heterocycles. The highest BCUT2D eigenvalue weighted by molar-refractivity contribution is 9.10. The van der Waals surface area contributed by atoms with Gasteiger partial charge in [0.05, 0.1) is 0 Å². The van der Waals surface area contributed by atoms with Crippen molar-refractivity contribution in [1.82, 2.24) is 19.9 Å². The molecule has 3 N–H and O–H groups in total. The van der Waals surface area contributed by atoms with Gasteiger partial charge in [-0.1, -0.05) is 34.1 Å². The van der Waals surface area contributed by atoms with Crippen LogP contribution in [0.25, 0.3) is 33.3 Å². The minimum Gasteiger partial charge on any atom is -0.382 e.